The van der Waals surface area contributed by atoms with Gasteiger partial charge in [-0.2, -0.15) is 0 Å². The van der Waals surface area contributed by atoms with E-state index >= 15 is 0 Å². The first-order chi connectivity index (χ1) is 14.8. The molecule has 2 N–H and O–H groups in total. The van der Waals surface area contributed by atoms with Crippen LogP contribution in [0.15, 0.2) is 48.5 Å². The van der Waals surface area contributed by atoms with Crippen LogP contribution in [0, 0.1) is 0 Å². The van der Waals surface area contributed by atoms with E-state index in [2.05, 4.69) is 10.9 Å². The van der Waals surface area contributed by atoms with E-state index in [1.54, 1.807) is 31.2 Å². The third kappa shape index (κ3) is 4.89. The van der Waals surface area contributed by atoms with Gasteiger partial charge < -0.3 is 9.64 Å². The highest BCUT2D eigenvalue weighted by Gasteiger charge is 2.39. The molecule has 1 aliphatic rings. The first-order valence-electron chi connectivity index (χ1n) is 9.79. The van der Waals surface area contributed by atoms with Gasteiger partial charge in [0, 0.05) is 25.3 Å². The van der Waals surface area contributed by atoms with Gasteiger partial charge >= 0.3 is 5.97 Å². The second kappa shape index (κ2) is 9.40. The average Bonchev–Trinajstić information content (AvgIpc) is 3.05. The molecular weight excluding hydrogens is 400 g/mol. The second-order valence-electron chi connectivity index (χ2n) is 7.13. The number of carbonyl (C=O) groups excluding carboxylic acids is 4. The van der Waals surface area contributed by atoms with Gasteiger partial charge in [-0.15, -0.1) is 0 Å². The van der Waals surface area contributed by atoms with Crippen LogP contribution in [0.2, 0.25) is 0 Å². The van der Waals surface area contributed by atoms with Gasteiger partial charge in [0.15, 0.2) is 0 Å². The van der Waals surface area contributed by atoms with E-state index in [9.17, 15) is 19.2 Å². The van der Waals surface area contributed by atoms with E-state index in [-0.39, 0.29) is 13.0 Å². The number of hydrazine groups is 1. The zero-order valence-electron chi connectivity index (χ0n) is 17.5. The molecule has 1 atom stereocenters. The van der Waals surface area contributed by atoms with E-state index in [4.69, 9.17) is 4.74 Å². The monoisotopic (exact) mass is 424 g/mol. The molecule has 1 aliphatic heterocycles. The molecule has 0 radical (unpaired) electrons. The summed E-state index contributed by atoms with van der Waals surface area (Å²) in [7, 11) is 3.80. The maximum Gasteiger partial charge on any atom is 0.338 e. The van der Waals surface area contributed by atoms with Crippen molar-refractivity contribution < 1.29 is 23.9 Å². The Kier molecular flexibility index (Phi) is 6.66. The normalized spacial score (nSPS) is 15.7. The number of ether oxygens (including phenoxy) is 1. The minimum absolute atomic E-state index is 0.0989. The molecule has 1 heterocycles. The average molecular weight is 424 g/mol. The van der Waals surface area contributed by atoms with Gasteiger partial charge in [0.25, 0.3) is 11.8 Å². The lowest BCUT2D eigenvalue weighted by Crippen LogP contribution is -2.48. The SMILES string of the molecule is CCOC(=O)c1ccc(N2C(=O)C[C@H](NNC(=O)c3ccc(N(C)C)cc3)C2=O)cc1. The summed E-state index contributed by atoms with van der Waals surface area (Å²) in [5.74, 6) is -1.79. The molecule has 1 saturated heterocycles. The topological polar surface area (TPSA) is 108 Å². The van der Waals surface area contributed by atoms with Crippen LogP contribution in [0.3, 0.4) is 0 Å². The van der Waals surface area contributed by atoms with Gasteiger partial charge in [-0.25, -0.2) is 15.1 Å². The minimum atomic E-state index is -0.887. The molecule has 3 amide bonds. The van der Waals surface area contributed by atoms with E-state index in [0.29, 0.717) is 16.8 Å². The molecular formula is C22H24N4O5. The lowest BCUT2D eigenvalue weighted by Gasteiger charge is -2.16. The molecule has 1 fully saturated rings. The predicted molar refractivity (Wildman–Crippen MR) is 115 cm³/mol. The van der Waals surface area contributed by atoms with Crippen molar-refractivity contribution in [2.75, 3.05) is 30.5 Å². The summed E-state index contributed by atoms with van der Waals surface area (Å²) in [6, 6.07) is 12.1. The van der Waals surface area contributed by atoms with Crippen LogP contribution < -0.4 is 20.7 Å². The fourth-order valence-electron chi connectivity index (χ4n) is 3.11. The fraction of sp³-hybridized carbons (Fsp3) is 0.273. The number of amides is 3. The molecule has 162 valence electrons. The molecule has 9 heteroatoms. The Labute approximate surface area is 179 Å². The molecule has 0 bridgehead atoms. The molecule has 0 aromatic heterocycles. The molecule has 0 saturated carbocycles. The molecule has 2 aromatic rings. The largest absolute Gasteiger partial charge is 0.462 e. The fourth-order valence-corrected chi connectivity index (χ4v) is 3.11. The molecule has 0 spiro atoms. The number of hydrogen-bond acceptors (Lipinski definition) is 7. The van der Waals surface area contributed by atoms with Gasteiger partial charge in [-0.1, -0.05) is 0 Å². The number of rotatable bonds is 7. The van der Waals surface area contributed by atoms with E-state index < -0.39 is 29.7 Å². The predicted octanol–water partition coefficient (Wildman–Crippen LogP) is 1.50. The van der Waals surface area contributed by atoms with Crippen molar-refractivity contribution in [1.29, 1.82) is 0 Å². The summed E-state index contributed by atoms with van der Waals surface area (Å²) in [5.41, 5.74) is 7.17. The number of hydrogen-bond donors (Lipinski definition) is 2. The first-order valence-corrected chi connectivity index (χ1v) is 9.79. The van der Waals surface area contributed by atoms with Crippen LogP contribution in [-0.2, 0) is 14.3 Å². The minimum Gasteiger partial charge on any atom is -0.462 e. The zero-order valence-corrected chi connectivity index (χ0v) is 17.5. The van der Waals surface area contributed by atoms with Gasteiger partial charge in [-0.3, -0.25) is 19.8 Å². The number of nitrogens with one attached hydrogen (secondary N) is 2. The Bertz CT molecular complexity index is 986. The lowest BCUT2D eigenvalue weighted by atomic mass is 10.2. The van der Waals surface area contributed by atoms with Crippen molar-refractivity contribution in [3.8, 4) is 0 Å². The summed E-state index contributed by atoms with van der Waals surface area (Å²) in [6.07, 6.45) is -0.0989. The highest BCUT2D eigenvalue weighted by molar-refractivity contribution is 6.22. The Morgan fingerprint density at radius 2 is 1.65 bits per heavy atom. The van der Waals surface area contributed by atoms with Crippen molar-refractivity contribution in [1.82, 2.24) is 10.9 Å². The van der Waals surface area contributed by atoms with Crippen LogP contribution >= 0.6 is 0 Å². The summed E-state index contributed by atoms with van der Waals surface area (Å²) in [5, 5.41) is 0. The molecule has 2 aromatic carbocycles. The van der Waals surface area contributed by atoms with Gasteiger partial charge in [0.1, 0.15) is 6.04 Å². The van der Waals surface area contributed by atoms with E-state index in [1.807, 2.05) is 19.0 Å². The molecule has 9 nitrogen and oxygen atoms in total. The molecule has 0 unspecified atom stereocenters. The number of nitrogens with zero attached hydrogens (tertiary/aromatic N) is 2. The third-order valence-corrected chi connectivity index (χ3v) is 4.79. The maximum absolute atomic E-state index is 12.7. The summed E-state index contributed by atoms with van der Waals surface area (Å²) >= 11 is 0. The van der Waals surface area contributed by atoms with Gasteiger partial charge in [-0.05, 0) is 55.5 Å². The standard InChI is InChI=1S/C22H24N4O5/c1-4-31-22(30)15-7-11-17(12-8-15)26-19(27)13-18(21(26)29)23-24-20(28)14-5-9-16(10-6-14)25(2)3/h5-12,18,23H,4,13H2,1-3H3,(H,24,28)/t18-/m0/s1. The second-order valence-corrected chi connectivity index (χ2v) is 7.13. The summed E-state index contributed by atoms with van der Waals surface area (Å²) in [6.45, 7) is 1.96. The zero-order chi connectivity index (χ0) is 22.5. The smallest absolute Gasteiger partial charge is 0.338 e. The third-order valence-electron chi connectivity index (χ3n) is 4.79. The van der Waals surface area contributed by atoms with Crippen molar-refractivity contribution in [3.63, 3.8) is 0 Å². The van der Waals surface area contributed by atoms with Crippen LogP contribution in [0.5, 0.6) is 0 Å². The van der Waals surface area contributed by atoms with Crippen molar-refractivity contribution >= 4 is 35.1 Å². The highest BCUT2D eigenvalue weighted by Crippen LogP contribution is 2.23. The summed E-state index contributed by atoms with van der Waals surface area (Å²) < 4.78 is 4.92. The number of benzene rings is 2. The van der Waals surface area contributed by atoms with Crippen LogP contribution in [0.1, 0.15) is 34.1 Å². The quantitative estimate of drug-likeness (QED) is 0.394. The Morgan fingerprint density at radius 3 is 2.23 bits per heavy atom. The van der Waals surface area contributed by atoms with Gasteiger partial charge in [0.05, 0.1) is 24.3 Å². The highest BCUT2D eigenvalue weighted by atomic mass is 16.5. The van der Waals surface area contributed by atoms with Crippen molar-refractivity contribution in [2.24, 2.45) is 0 Å². The Balaban J connectivity index is 1.62. The van der Waals surface area contributed by atoms with Gasteiger partial charge in [0.2, 0.25) is 5.91 Å². The van der Waals surface area contributed by atoms with Crippen LogP contribution in [0.25, 0.3) is 0 Å². The van der Waals surface area contributed by atoms with Crippen molar-refractivity contribution in [2.45, 2.75) is 19.4 Å². The van der Waals surface area contributed by atoms with E-state index in [0.717, 1.165) is 10.6 Å². The summed E-state index contributed by atoms with van der Waals surface area (Å²) in [4.78, 5) is 52.1. The number of anilines is 2. The molecule has 3 rings (SSSR count). The van der Waals surface area contributed by atoms with Crippen LogP contribution in [-0.4, -0.2) is 50.4 Å². The number of esters is 1. The number of imide groups is 1. The van der Waals surface area contributed by atoms with Crippen molar-refractivity contribution in [3.05, 3.63) is 59.7 Å². The Morgan fingerprint density at radius 1 is 1.03 bits per heavy atom. The lowest BCUT2D eigenvalue weighted by molar-refractivity contribution is -0.121. The Hall–Kier alpha value is -3.72. The molecule has 31 heavy (non-hydrogen) atoms. The van der Waals surface area contributed by atoms with E-state index in [1.165, 1.54) is 24.3 Å². The van der Waals surface area contributed by atoms with Crippen LogP contribution in [0.4, 0.5) is 11.4 Å². The number of carbonyl (C=O) groups is 4. The maximum atomic E-state index is 12.7. The first kappa shape index (κ1) is 22.0. The molecule has 0 aliphatic carbocycles.